The number of hydrogen-bond donors (Lipinski definition) is 3. The third kappa shape index (κ3) is 5.16. The van der Waals surface area contributed by atoms with E-state index < -0.39 is 17.7 Å². The van der Waals surface area contributed by atoms with Gasteiger partial charge in [-0.05, 0) is 49.4 Å². The van der Waals surface area contributed by atoms with Crippen LogP contribution in [-0.2, 0) is 12.7 Å². The number of benzene rings is 1. The van der Waals surface area contributed by atoms with Gasteiger partial charge in [-0.3, -0.25) is 0 Å². The summed E-state index contributed by atoms with van der Waals surface area (Å²) in [7, 11) is 0. The maximum Gasteiger partial charge on any atom is 0.416 e. The van der Waals surface area contributed by atoms with Crippen molar-refractivity contribution in [3.63, 3.8) is 0 Å². The van der Waals surface area contributed by atoms with Gasteiger partial charge in [-0.25, -0.2) is 19.7 Å². The Balaban J connectivity index is 1.56. The predicted molar refractivity (Wildman–Crippen MR) is 128 cm³/mol. The van der Waals surface area contributed by atoms with Crippen LogP contribution in [0.1, 0.15) is 78.6 Å². The summed E-state index contributed by atoms with van der Waals surface area (Å²) in [5.74, 6) is 0.152. The van der Waals surface area contributed by atoms with Gasteiger partial charge in [0.25, 0.3) is 0 Å². The van der Waals surface area contributed by atoms with Gasteiger partial charge in [0.2, 0.25) is 5.82 Å². The molecule has 8 nitrogen and oxygen atoms in total. The van der Waals surface area contributed by atoms with Gasteiger partial charge in [-0.1, -0.05) is 37.8 Å². The Bertz CT molecular complexity index is 1230. The van der Waals surface area contributed by atoms with Crippen molar-refractivity contribution in [2.75, 3.05) is 18.4 Å². The summed E-state index contributed by atoms with van der Waals surface area (Å²) in [6, 6.07) is 5.00. The summed E-state index contributed by atoms with van der Waals surface area (Å²) in [6.45, 7) is 1.72. The summed E-state index contributed by atoms with van der Waals surface area (Å²) >= 11 is 0. The molecular formula is C25H29F3N6O2. The van der Waals surface area contributed by atoms with E-state index in [1.165, 1.54) is 31.4 Å². The molecule has 11 heteroatoms. The van der Waals surface area contributed by atoms with Crippen molar-refractivity contribution in [1.82, 2.24) is 24.8 Å². The molecule has 1 aromatic carbocycles. The van der Waals surface area contributed by atoms with E-state index in [4.69, 9.17) is 4.98 Å². The number of carboxylic acid groups (broad SMARTS) is 1. The first kappa shape index (κ1) is 24.5. The number of hydrogen-bond acceptors (Lipinski definition) is 6. The molecule has 2 aliphatic rings. The van der Waals surface area contributed by atoms with Crippen molar-refractivity contribution < 1.29 is 23.1 Å². The third-order valence-corrected chi connectivity index (χ3v) is 7.14. The number of halogens is 3. The lowest BCUT2D eigenvalue weighted by Crippen LogP contribution is -2.29. The molecule has 1 aliphatic heterocycles. The highest BCUT2D eigenvalue weighted by Crippen LogP contribution is 2.33. The molecule has 1 saturated carbocycles. The van der Waals surface area contributed by atoms with Crippen LogP contribution in [0.4, 0.5) is 19.0 Å². The minimum absolute atomic E-state index is 0.0708. The molecule has 1 atom stereocenters. The van der Waals surface area contributed by atoms with E-state index in [-0.39, 0.29) is 24.1 Å². The first-order valence-corrected chi connectivity index (χ1v) is 12.4. The maximum absolute atomic E-state index is 13.1. The lowest BCUT2D eigenvalue weighted by molar-refractivity contribution is -0.137. The standard InChI is InChI=1S/C25H29F3N6O2/c26-25(27,28)17-9-7-16(8-10-17)14-34-19-20(30-13-11-15-4-3-5-15)31-22(24(35)36)32-21(19)33-23(34)18-6-1-2-12-29-18/h7-10,15,18,29H,1-6,11-14H2,(H,35,36)(H,30,31,32). The van der Waals surface area contributed by atoms with Crippen LogP contribution in [0.2, 0.25) is 0 Å². The molecular weight excluding hydrogens is 473 g/mol. The lowest BCUT2D eigenvalue weighted by atomic mass is 9.83. The number of anilines is 1. The molecule has 36 heavy (non-hydrogen) atoms. The van der Waals surface area contributed by atoms with Gasteiger partial charge in [0.15, 0.2) is 11.5 Å². The monoisotopic (exact) mass is 502 g/mol. The second-order valence-electron chi connectivity index (χ2n) is 9.64. The van der Waals surface area contributed by atoms with Gasteiger partial charge in [0.1, 0.15) is 11.3 Å². The highest BCUT2D eigenvalue weighted by Gasteiger charge is 2.30. The van der Waals surface area contributed by atoms with E-state index in [1.807, 2.05) is 4.57 Å². The van der Waals surface area contributed by atoms with Crippen LogP contribution in [-0.4, -0.2) is 43.7 Å². The van der Waals surface area contributed by atoms with Crippen LogP contribution < -0.4 is 10.6 Å². The van der Waals surface area contributed by atoms with Crippen LogP contribution >= 0.6 is 0 Å². The van der Waals surface area contributed by atoms with Crippen molar-refractivity contribution in [3.05, 3.63) is 47.0 Å². The van der Waals surface area contributed by atoms with Crippen molar-refractivity contribution in [1.29, 1.82) is 0 Å². The average molecular weight is 503 g/mol. The molecule has 2 fully saturated rings. The molecule has 3 heterocycles. The van der Waals surface area contributed by atoms with Crippen LogP contribution in [0.5, 0.6) is 0 Å². The molecule has 5 rings (SSSR count). The van der Waals surface area contributed by atoms with Crippen molar-refractivity contribution in [3.8, 4) is 0 Å². The number of fused-ring (bicyclic) bond motifs is 1. The zero-order chi connectivity index (χ0) is 25.3. The van der Waals surface area contributed by atoms with Gasteiger partial charge >= 0.3 is 12.1 Å². The molecule has 1 saturated heterocycles. The molecule has 192 valence electrons. The minimum Gasteiger partial charge on any atom is -0.475 e. The van der Waals surface area contributed by atoms with Crippen LogP contribution in [0.15, 0.2) is 24.3 Å². The van der Waals surface area contributed by atoms with E-state index in [9.17, 15) is 23.1 Å². The minimum atomic E-state index is -4.41. The van der Waals surface area contributed by atoms with Crippen LogP contribution in [0.3, 0.4) is 0 Å². The van der Waals surface area contributed by atoms with E-state index in [2.05, 4.69) is 20.6 Å². The SMILES string of the molecule is O=C(O)c1nc(NCCC2CCC2)c2c(n1)nc(C1CCCCN1)n2Cc1ccc(C(F)(F)F)cc1. The third-order valence-electron chi connectivity index (χ3n) is 7.14. The zero-order valence-electron chi connectivity index (χ0n) is 19.8. The number of nitrogens with zero attached hydrogens (tertiary/aromatic N) is 4. The molecule has 1 unspecified atom stereocenters. The van der Waals surface area contributed by atoms with Crippen molar-refractivity contribution >= 4 is 23.0 Å². The highest BCUT2D eigenvalue weighted by molar-refractivity contribution is 5.90. The molecule has 0 amide bonds. The number of aromatic carboxylic acids is 1. The molecule has 3 N–H and O–H groups in total. The number of imidazole rings is 1. The quantitative estimate of drug-likeness (QED) is 0.398. The fourth-order valence-corrected chi connectivity index (χ4v) is 4.93. The zero-order valence-corrected chi connectivity index (χ0v) is 19.8. The Hall–Kier alpha value is -3.21. The summed E-state index contributed by atoms with van der Waals surface area (Å²) in [5.41, 5.74) is 0.796. The van der Waals surface area contributed by atoms with Gasteiger partial charge in [-0.15, -0.1) is 0 Å². The molecule has 2 aromatic heterocycles. The molecule has 0 bridgehead atoms. The summed E-state index contributed by atoms with van der Waals surface area (Å²) in [5, 5.41) is 16.4. The molecule has 0 radical (unpaired) electrons. The van der Waals surface area contributed by atoms with Crippen LogP contribution in [0.25, 0.3) is 11.2 Å². The number of carbonyl (C=O) groups is 1. The Morgan fingerprint density at radius 3 is 2.47 bits per heavy atom. The second kappa shape index (κ2) is 10.0. The van der Waals surface area contributed by atoms with E-state index >= 15 is 0 Å². The number of carboxylic acids is 1. The van der Waals surface area contributed by atoms with Crippen molar-refractivity contribution in [2.24, 2.45) is 5.92 Å². The van der Waals surface area contributed by atoms with Crippen molar-refractivity contribution in [2.45, 2.75) is 63.7 Å². The van der Waals surface area contributed by atoms with Gasteiger partial charge < -0.3 is 20.3 Å². The van der Waals surface area contributed by atoms with E-state index in [1.54, 1.807) is 0 Å². The topological polar surface area (TPSA) is 105 Å². The smallest absolute Gasteiger partial charge is 0.416 e. The van der Waals surface area contributed by atoms with Gasteiger partial charge in [-0.2, -0.15) is 13.2 Å². The fourth-order valence-electron chi connectivity index (χ4n) is 4.93. The number of piperidine rings is 1. The predicted octanol–water partition coefficient (Wildman–Crippen LogP) is 5.01. The first-order chi connectivity index (χ1) is 17.3. The summed E-state index contributed by atoms with van der Waals surface area (Å²) in [6.07, 6.45) is 3.10. The summed E-state index contributed by atoms with van der Waals surface area (Å²) < 4.78 is 41.1. The Kier molecular flexibility index (Phi) is 6.83. The van der Waals surface area contributed by atoms with E-state index in [0.717, 1.165) is 44.4 Å². The largest absolute Gasteiger partial charge is 0.475 e. The second-order valence-corrected chi connectivity index (χ2v) is 9.64. The molecule has 0 spiro atoms. The molecule has 1 aliphatic carbocycles. The number of rotatable bonds is 8. The fraction of sp³-hybridized carbons (Fsp3) is 0.520. The first-order valence-electron chi connectivity index (χ1n) is 12.4. The maximum atomic E-state index is 13.1. The highest BCUT2D eigenvalue weighted by atomic mass is 19.4. The normalized spacial score (nSPS) is 18.8. The Morgan fingerprint density at radius 1 is 1.08 bits per heavy atom. The average Bonchev–Trinajstić information content (AvgIpc) is 3.19. The number of nitrogens with one attached hydrogen (secondary N) is 2. The van der Waals surface area contributed by atoms with E-state index in [0.29, 0.717) is 35.2 Å². The summed E-state index contributed by atoms with van der Waals surface area (Å²) in [4.78, 5) is 25.0. The molecule has 3 aromatic rings. The lowest BCUT2D eigenvalue weighted by Gasteiger charge is -2.25. The number of aromatic nitrogens is 4. The Morgan fingerprint density at radius 2 is 1.86 bits per heavy atom. The van der Waals surface area contributed by atoms with Gasteiger partial charge in [0.05, 0.1) is 11.6 Å². The van der Waals surface area contributed by atoms with Gasteiger partial charge in [0, 0.05) is 13.1 Å². The van der Waals surface area contributed by atoms with Crippen LogP contribution in [0, 0.1) is 5.92 Å². The number of alkyl halides is 3. The Labute approximate surface area is 206 Å².